The minimum Gasteiger partial charge on any atom is -0.466 e. The van der Waals surface area contributed by atoms with E-state index in [2.05, 4.69) is 0 Å². The number of hydrogen-bond donors (Lipinski definition) is 0. The van der Waals surface area contributed by atoms with E-state index in [0.29, 0.717) is 18.8 Å². The van der Waals surface area contributed by atoms with Crippen LogP contribution in [0.2, 0.25) is 0 Å². The van der Waals surface area contributed by atoms with Gasteiger partial charge < -0.3 is 9.47 Å². The van der Waals surface area contributed by atoms with E-state index in [0.717, 1.165) is 17.5 Å². The van der Waals surface area contributed by atoms with Gasteiger partial charge in [-0.1, -0.05) is 19.1 Å². The lowest BCUT2D eigenvalue weighted by atomic mass is 10.1. The average molecular weight is 278 g/mol. The van der Waals surface area contributed by atoms with Crippen LogP contribution >= 0.6 is 0 Å². The highest BCUT2D eigenvalue weighted by atomic mass is 16.5. The van der Waals surface area contributed by atoms with Crippen molar-refractivity contribution in [2.24, 2.45) is 0 Å². The van der Waals surface area contributed by atoms with Crippen LogP contribution < -0.4 is 4.74 Å². The molecule has 0 unspecified atom stereocenters. The van der Waals surface area contributed by atoms with E-state index >= 15 is 0 Å². The number of aryl methyl sites for hydroxylation is 1. The molecule has 0 bridgehead atoms. The van der Waals surface area contributed by atoms with Gasteiger partial charge in [0.2, 0.25) is 0 Å². The van der Waals surface area contributed by atoms with Gasteiger partial charge in [-0.25, -0.2) is 0 Å². The van der Waals surface area contributed by atoms with Crippen molar-refractivity contribution in [2.45, 2.75) is 46.5 Å². The largest absolute Gasteiger partial charge is 0.466 e. The molecule has 4 nitrogen and oxygen atoms in total. The summed E-state index contributed by atoms with van der Waals surface area (Å²) in [6.07, 6.45) is 1.73. The molecule has 0 atom stereocenters. The van der Waals surface area contributed by atoms with Crippen LogP contribution in [0, 0.1) is 13.8 Å². The summed E-state index contributed by atoms with van der Waals surface area (Å²) in [7, 11) is 0. The Morgan fingerprint density at radius 3 is 2.50 bits per heavy atom. The molecule has 1 rings (SSSR count). The molecule has 0 aromatic heterocycles. The van der Waals surface area contributed by atoms with Gasteiger partial charge in [0.1, 0.15) is 5.75 Å². The minimum atomic E-state index is -0.318. The van der Waals surface area contributed by atoms with Crippen molar-refractivity contribution in [3.05, 3.63) is 29.3 Å². The molecule has 0 spiro atoms. The smallest absolute Gasteiger partial charge is 0.311 e. The predicted molar refractivity (Wildman–Crippen MR) is 76.7 cm³/mol. The summed E-state index contributed by atoms with van der Waals surface area (Å²) in [5, 5.41) is 0. The third-order valence-corrected chi connectivity index (χ3v) is 3.01. The van der Waals surface area contributed by atoms with E-state index < -0.39 is 0 Å². The molecule has 0 heterocycles. The molecule has 110 valence electrons. The van der Waals surface area contributed by atoms with Crippen LogP contribution in [-0.4, -0.2) is 18.5 Å². The Kier molecular flexibility index (Phi) is 6.77. The number of hydrogen-bond acceptors (Lipinski definition) is 4. The zero-order valence-electron chi connectivity index (χ0n) is 12.4. The quantitative estimate of drug-likeness (QED) is 0.567. The fourth-order valence-electron chi connectivity index (χ4n) is 1.67. The third kappa shape index (κ3) is 5.43. The zero-order chi connectivity index (χ0) is 15.0. The molecule has 0 aliphatic heterocycles. The van der Waals surface area contributed by atoms with Crippen molar-refractivity contribution in [3.8, 4) is 5.75 Å². The molecule has 0 saturated carbocycles. The van der Waals surface area contributed by atoms with Gasteiger partial charge in [0, 0.05) is 12.8 Å². The highest BCUT2D eigenvalue weighted by Crippen LogP contribution is 2.21. The Bertz CT molecular complexity index is 466. The zero-order valence-corrected chi connectivity index (χ0v) is 12.4. The molecule has 0 N–H and O–H groups in total. The monoisotopic (exact) mass is 278 g/mol. The van der Waals surface area contributed by atoms with Gasteiger partial charge in [-0.05, 0) is 43.9 Å². The second-order valence-corrected chi connectivity index (χ2v) is 4.75. The van der Waals surface area contributed by atoms with Gasteiger partial charge >= 0.3 is 11.9 Å². The SMILES string of the molecule is CCCOC(=O)CCCC(=O)Oc1cccc(C)c1C. The fraction of sp³-hybridized carbons (Fsp3) is 0.500. The summed E-state index contributed by atoms with van der Waals surface area (Å²) in [6, 6.07) is 5.60. The van der Waals surface area contributed by atoms with Gasteiger partial charge in [-0.2, -0.15) is 0 Å². The van der Waals surface area contributed by atoms with Crippen LogP contribution in [0.3, 0.4) is 0 Å². The van der Waals surface area contributed by atoms with E-state index in [1.807, 2.05) is 32.9 Å². The molecule has 0 fully saturated rings. The maximum absolute atomic E-state index is 11.7. The van der Waals surface area contributed by atoms with Crippen LogP contribution in [0.4, 0.5) is 0 Å². The molecule has 0 radical (unpaired) electrons. The summed E-state index contributed by atoms with van der Waals surface area (Å²) in [6.45, 7) is 6.26. The molecular formula is C16H22O4. The Morgan fingerprint density at radius 1 is 1.10 bits per heavy atom. The van der Waals surface area contributed by atoms with Crippen LogP contribution in [0.1, 0.15) is 43.7 Å². The Hall–Kier alpha value is -1.84. The lowest BCUT2D eigenvalue weighted by Gasteiger charge is -2.09. The van der Waals surface area contributed by atoms with E-state index in [9.17, 15) is 9.59 Å². The number of carbonyl (C=O) groups excluding carboxylic acids is 2. The molecule has 1 aromatic carbocycles. The summed E-state index contributed by atoms with van der Waals surface area (Å²) in [4.78, 5) is 23.0. The first-order valence-electron chi connectivity index (χ1n) is 6.97. The average Bonchev–Trinajstić information content (AvgIpc) is 2.41. The topological polar surface area (TPSA) is 52.6 Å². The lowest BCUT2D eigenvalue weighted by molar-refractivity contribution is -0.144. The first-order chi connectivity index (χ1) is 9.54. The van der Waals surface area contributed by atoms with Gasteiger partial charge in [0.05, 0.1) is 6.61 Å². The molecule has 1 aromatic rings. The van der Waals surface area contributed by atoms with Gasteiger partial charge in [0.25, 0.3) is 0 Å². The Labute approximate surface area is 120 Å². The summed E-state index contributed by atoms with van der Waals surface area (Å²) in [5.41, 5.74) is 2.04. The maximum Gasteiger partial charge on any atom is 0.311 e. The Balaban J connectivity index is 2.34. The molecular weight excluding hydrogens is 256 g/mol. The van der Waals surface area contributed by atoms with E-state index in [4.69, 9.17) is 9.47 Å². The van der Waals surface area contributed by atoms with Gasteiger partial charge in [-0.3, -0.25) is 9.59 Å². The first kappa shape index (κ1) is 16.2. The summed E-state index contributed by atoms with van der Waals surface area (Å²) < 4.78 is 10.2. The number of ether oxygens (including phenoxy) is 2. The van der Waals surface area contributed by atoms with Gasteiger partial charge in [0.15, 0.2) is 0 Å². The summed E-state index contributed by atoms with van der Waals surface area (Å²) in [5.74, 6) is 0.0111. The number of rotatable bonds is 7. The number of esters is 2. The highest BCUT2D eigenvalue weighted by molar-refractivity contribution is 5.74. The van der Waals surface area contributed by atoms with E-state index in [-0.39, 0.29) is 24.8 Å². The van der Waals surface area contributed by atoms with Crippen molar-refractivity contribution in [1.82, 2.24) is 0 Å². The van der Waals surface area contributed by atoms with E-state index in [1.54, 1.807) is 6.07 Å². The standard InChI is InChI=1S/C16H22O4/c1-4-11-19-15(17)9-6-10-16(18)20-14-8-5-7-12(2)13(14)3/h5,7-8H,4,6,9-11H2,1-3H3. The maximum atomic E-state index is 11.7. The van der Waals surface area contributed by atoms with Gasteiger partial charge in [-0.15, -0.1) is 0 Å². The molecule has 0 amide bonds. The normalized spacial score (nSPS) is 10.2. The first-order valence-corrected chi connectivity index (χ1v) is 6.97. The van der Waals surface area contributed by atoms with E-state index in [1.165, 1.54) is 0 Å². The van der Waals surface area contributed by atoms with Crippen LogP contribution in [-0.2, 0) is 14.3 Å². The molecule has 0 saturated heterocycles. The third-order valence-electron chi connectivity index (χ3n) is 3.01. The molecule has 0 aliphatic carbocycles. The molecule has 0 aliphatic rings. The van der Waals surface area contributed by atoms with Crippen molar-refractivity contribution >= 4 is 11.9 Å². The lowest BCUT2D eigenvalue weighted by Crippen LogP contribution is -2.11. The van der Waals surface area contributed by atoms with Crippen LogP contribution in [0.15, 0.2) is 18.2 Å². The van der Waals surface area contributed by atoms with Crippen molar-refractivity contribution < 1.29 is 19.1 Å². The minimum absolute atomic E-state index is 0.217. The second-order valence-electron chi connectivity index (χ2n) is 4.75. The Morgan fingerprint density at radius 2 is 1.80 bits per heavy atom. The predicted octanol–water partition coefficient (Wildman–Crippen LogP) is 3.33. The number of benzene rings is 1. The molecule has 20 heavy (non-hydrogen) atoms. The molecule has 4 heteroatoms. The van der Waals surface area contributed by atoms with Crippen LogP contribution in [0.5, 0.6) is 5.75 Å². The highest BCUT2D eigenvalue weighted by Gasteiger charge is 2.10. The fourth-order valence-corrected chi connectivity index (χ4v) is 1.67. The number of carbonyl (C=O) groups is 2. The second kappa shape index (κ2) is 8.35. The van der Waals surface area contributed by atoms with Crippen molar-refractivity contribution in [1.29, 1.82) is 0 Å². The van der Waals surface area contributed by atoms with Crippen LogP contribution in [0.25, 0.3) is 0 Å². The van der Waals surface area contributed by atoms with Crippen molar-refractivity contribution in [2.75, 3.05) is 6.61 Å². The van der Waals surface area contributed by atoms with Crippen molar-refractivity contribution in [3.63, 3.8) is 0 Å². The summed E-state index contributed by atoms with van der Waals surface area (Å²) >= 11 is 0.